The van der Waals surface area contributed by atoms with E-state index in [0.29, 0.717) is 0 Å². The molecule has 78 valence electrons. The van der Waals surface area contributed by atoms with Crippen LogP contribution in [-0.4, -0.2) is 33.0 Å². The smallest absolute Gasteiger partial charge is 0.394 e. The molecule has 0 fully saturated rings. The molecule has 0 unspecified atom stereocenters. The summed E-state index contributed by atoms with van der Waals surface area (Å²) >= 11 is 0. The van der Waals surface area contributed by atoms with E-state index in [4.69, 9.17) is 10.2 Å². The lowest BCUT2D eigenvalue weighted by Crippen LogP contribution is -2.23. The molecule has 0 aliphatic heterocycles. The average molecular weight is 210 g/mol. The van der Waals surface area contributed by atoms with Crippen LogP contribution in [0, 0.1) is 0 Å². The maximum atomic E-state index is 10.7. The number of rotatable bonds is 2. The molecular weight excluding hydrogens is 204 g/mol. The van der Waals surface area contributed by atoms with Gasteiger partial charge in [0.05, 0.1) is 0 Å². The molecule has 1 heterocycles. The van der Waals surface area contributed by atoms with Crippen molar-refractivity contribution in [1.29, 1.82) is 0 Å². The van der Waals surface area contributed by atoms with E-state index >= 15 is 0 Å². The minimum Gasteiger partial charge on any atom is -0.478 e. The molecule has 1 aromatic rings. The van der Waals surface area contributed by atoms with E-state index in [9.17, 15) is 14.4 Å². The maximum absolute atomic E-state index is 10.7. The molecule has 0 spiro atoms. The quantitative estimate of drug-likeness (QED) is 0.582. The molecule has 0 saturated heterocycles. The third-order valence-electron chi connectivity index (χ3n) is 1.46. The summed E-state index contributed by atoms with van der Waals surface area (Å²) < 4.78 is 0. The van der Waals surface area contributed by atoms with E-state index in [0.717, 1.165) is 0 Å². The van der Waals surface area contributed by atoms with Crippen LogP contribution in [0.5, 0.6) is 0 Å². The number of carboxylic acids is 2. The fraction of sp³-hybridized carbons (Fsp3) is 0. The Balaban J connectivity index is 2.99. The topological polar surface area (TPSA) is 117 Å². The number of amides is 1. The predicted molar refractivity (Wildman–Crippen MR) is 47.5 cm³/mol. The van der Waals surface area contributed by atoms with Gasteiger partial charge in [0, 0.05) is 6.20 Å². The van der Waals surface area contributed by atoms with E-state index in [1.54, 1.807) is 0 Å². The molecule has 1 aromatic heterocycles. The summed E-state index contributed by atoms with van der Waals surface area (Å²) in [6.07, 6.45) is 1.24. The van der Waals surface area contributed by atoms with Gasteiger partial charge in [-0.25, -0.2) is 14.6 Å². The number of nitrogens with one attached hydrogen (secondary N) is 1. The summed E-state index contributed by atoms with van der Waals surface area (Å²) in [5, 5.41) is 18.8. The van der Waals surface area contributed by atoms with Crippen LogP contribution in [0.25, 0.3) is 0 Å². The van der Waals surface area contributed by atoms with Gasteiger partial charge in [-0.15, -0.1) is 0 Å². The minimum atomic E-state index is -1.71. The summed E-state index contributed by atoms with van der Waals surface area (Å²) in [5.41, 5.74) is -0.271. The molecule has 1 rings (SSSR count). The third kappa shape index (κ3) is 2.50. The zero-order valence-corrected chi connectivity index (χ0v) is 7.30. The van der Waals surface area contributed by atoms with Crippen LogP contribution in [0.4, 0.5) is 5.82 Å². The van der Waals surface area contributed by atoms with Crippen molar-refractivity contribution in [2.45, 2.75) is 0 Å². The van der Waals surface area contributed by atoms with Gasteiger partial charge in [-0.2, -0.15) is 0 Å². The van der Waals surface area contributed by atoms with E-state index in [1.165, 1.54) is 18.3 Å². The van der Waals surface area contributed by atoms with Crippen molar-refractivity contribution in [3.63, 3.8) is 0 Å². The van der Waals surface area contributed by atoms with Gasteiger partial charge in [0.25, 0.3) is 0 Å². The summed E-state index contributed by atoms with van der Waals surface area (Å²) in [4.78, 5) is 35.1. The van der Waals surface area contributed by atoms with Crippen LogP contribution in [0.2, 0.25) is 0 Å². The summed E-state index contributed by atoms with van der Waals surface area (Å²) in [5.74, 6) is -4.64. The first kappa shape index (κ1) is 10.6. The van der Waals surface area contributed by atoms with Gasteiger partial charge in [-0.3, -0.25) is 4.79 Å². The highest BCUT2D eigenvalue weighted by atomic mass is 16.4. The zero-order chi connectivity index (χ0) is 11.4. The number of aliphatic carboxylic acids is 1. The highest BCUT2D eigenvalue weighted by molar-refractivity contribution is 6.36. The van der Waals surface area contributed by atoms with Crippen molar-refractivity contribution < 1.29 is 24.6 Å². The molecule has 0 radical (unpaired) electrons. The predicted octanol–water partition coefficient (Wildman–Crippen LogP) is -0.197. The van der Waals surface area contributed by atoms with Gasteiger partial charge in [-0.1, -0.05) is 0 Å². The van der Waals surface area contributed by atoms with E-state index in [-0.39, 0.29) is 11.4 Å². The number of carbonyl (C=O) groups is 3. The van der Waals surface area contributed by atoms with Crippen LogP contribution < -0.4 is 5.32 Å². The number of pyridine rings is 1. The molecule has 3 N–H and O–H groups in total. The molecule has 1 amide bonds. The third-order valence-corrected chi connectivity index (χ3v) is 1.46. The minimum absolute atomic E-state index is 0.271. The largest absolute Gasteiger partial charge is 0.478 e. The molecule has 7 nitrogen and oxygen atoms in total. The molecule has 0 bridgehead atoms. The average Bonchev–Trinajstić information content (AvgIpc) is 2.18. The number of aromatic carboxylic acids is 1. The van der Waals surface area contributed by atoms with Gasteiger partial charge in [-0.05, 0) is 12.1 Å². The van der Waals surface area contributed by atoms with E-state index in [1.807, 2.05) is 5.32 Å². The van der Waals surface area contributed by atoms with Crippen molar-refractivity contribution in [1.82, 2.24) is 4.98 Å². The molecule has 0 atom stereocenters. The van der Waals surface area contributed by atoms with Crippen molar-refractivity contribution in [2.75, 3.05) is 5.32 Å². The number of hydrogen-bond acceptors (Lipinski definition) is 4. The molecule has 0 aliphatic carbocycles. The van der Waals surface area contributed by atoms with Gasteiger partial charge in [0.15, 0.2) is 0 Å². The van der Waals surface area contributed by atoms with Crippen molar-refractivity contribution in [2.24, 2.45) is 0 Å². The Hall–Kier alpha value is -2.44. The van der Waals surface area contributed by atoms with Crippen LogP contribution >= 0.6 is 0 Å². The summed E-state index contributed by atoms with van der Waals surface area (Å²) in [6.45, 7) is 0. The van der Waals surface area contributed by atoms with Crippen LogP contribution in [-0.2, 0) is 9.59 Å². The fourth-order valence-corrected chi connectivity index (χ4v) is 0.838. The summed E-state index contributed by atoms with van der Waals surface area (Å²) in [6, 6.07) is 2.56. The zero-order valence-electron chi connectivity index (χ0n) is 7.30. The standard InChI is InChI=1S/C8H6N2O5/c11-6(8(14)15)10-5-4(7(12)13)2-1-3-9-5/h1-3H,(H,12,13)(H,14,15)(H,9,10,11). The van der Waals surface area contributed by atoms with Crippen LogP contribution in [0.15, 0.2) is 18.3 Å². The Morgan fingerprint density at radius 3 is 2.47 bits per heavy atom. The number of anilines is 1. The van der Waals surface area contributed by atoms with Crippen LogP contribution in [0.3, 0.4) is 0 Å². The van der Waals surface area contributed by atoms with E-state index < -0.39 is 17.8 Å². The second kappa shape index (κ2) is 4.18. The Kier molecular flexibility index (Phi) is 2.97. The van der Waals surface area contributed by atoms with Gasteiger partial charge < -0.3 is 15.5 Å². The molecule has 0 saturated carbocycles. The number of nitrogens with zero attached hydrogens (tertiary/aromatic N) is 1. The first-order valence-corrected chi connectivity index (χ1v) is 3.75. The second-order valence-electron chi connectivity index (χ2n) is 2.46. The van der Waals surface area contributed by atoms with Gasteiger partial charge >= 0.3 is 17.8 Å². The fourth-order valence-electron chi connectivity index (χ4n) is 0.838. The SMILES string of the molecule is O=C(O)C(=O)Nc1ncccc1C(=O)O. The highest BCUT2D eigenvalue weighted by Gasteiger charge is 2.16. The van der Waals surface area contributed by atoms with E-state index in [2.05, 4.69) is 4.98 Å². The molecule has 7 heteroatoms. The molecule has 0 aromatic carbocycles. The van der Waals surface area contributed by atoms with Crippen LogP contribution in [0.1, 0.15) is 10.4 Å². The molecule has 15 heavy (non-hydrogen) atoms. The molecular formula is C8H6N2O5. The number of carboxylic acid groups (broad SMARTS) is 2. The lowest BCUT2D eigenvalue weighted by Gasteiger charge is -2.03. The van der Waals surface area contributed by atoms with Crippen molar-refractivity contribution >= 4 is 23.7 Å². The van der Waals surface area contributed by atoms with Crippen molar-refractivity contribution in [3.05, 3.63) is 23.9 Å². The maximum Gasteiger partial charge on any atom is 0.394 e. The first-order chi connectivity index (χ1) is 7.02. The van der Waals surface area contributed by atoms with Crippen molar-refractivity contribution in [3.8, 4) is 0 Å². The lowest BCUT2D eigenvalue weighted by atomic mass is 10.2. The van der Waals surface area contributed by atoms with Gasteiger partial charge in [0.1, 0.15) is 11.4 Å². The summed E-state index contributed by atoms with van der Waals surface area (Å²) in [7, 11) is 0. The number of aromatic nitrogens is 1. The Labute approximate surface area is 83.4 Å². The number of carbonyl (C=O) groups excluding carboxylic acids is 1. The first-order valence-electron chi connectivity index (χ1n) is 3.75. The Bertz CT molecular complexity index is 429. The number of hydrogen-bond donors (Lipinski definition) is 3. The Morgan fingerprint density at radius 2 is 1.93 bits per heavy atom. The highest BCUT2D eigenvalue weighted by Crippen LogP contribution is 2.10. The monoisotopic (exact) mass is 210 g/mol. The second-order valence-corrected chi connectivity index (χ2v) is 2.46. The van der Waals surface area contributed by atoms with Gasteiger partial charge in [0.2, 0.25) is 0 Å². The lowest BCUT2D eigenvalue weighted by molar-refractivity contribution is -0.147. The normalized spacial score (nSPS) is 9.33. The Morgan fingerprint density at radius 1 is 1.27 bits per heavy atom. The molecule has 0 aliphatic rings.